The topological polar surface area (TPSA) is 38.1 Å². The molecule has 1 aromatic heterocycles. The fourth-order valence-corrected chi connectivity index (χ4v) is 1.93. The molecule has 0 bridgehead atoms. The van der Waals surface area contributed by atoms with E-state index in [0.29, 0.717) is 12.0 Å². The van der Waals surface area contributed by atoms with E-state index in [1.807, 2.05) is 0 Å². The molecule has 0 saturated carbocycles. The van der Waals surface area contributed by atoms with Gasteiger partial charge in [0.2, 0.25) is 0 Å². The molecule has 3 nitrogen and oxygen atoms in total. The Morgan fingerprint density at radius 1 is 1.32 bits per heavy atom. The normalized spacial score (nSPS) is 11.8. The highest BCUT2D eigenvalue weighted by molar-refractivity contribution is 6.30. The molecular formula is C12H10ClF3N2O. The quantitative estimate of drug-likeness (QED) is 0.943. The molecule has 0 aliphatic rings. The smallest absolute Gasteiger partial charge is 0.396 e. The summed E-state index contributed by atoms with van der Waals surface area (Å²) in [5.74, 6) is 0. The highest BCUT2D eigenvalue weighted by atomic mass is 35.5. The van der Waals surface area contributed by atoms with Gasteiger partial charge < -0.3 is 5.11 Å². The van der Waals surface area contributed by atoms with Gasteiger partial charge in [-0.3, -0.25) is 0 Å². The summed E-state index contributed by atoms with van der Waals surface area (Å²) >= 11 is 6.01. The lowest BCUT2D eigenvalue weighted by Crippen LogP contribution is -2.06. The standard InChI is InChI=1S/C12H10ClF3N2O/c13-11-8(4-5-19)7-17-18(11)10-3-1-2-9(6-10)12(14,15)16/h1-3,6-7,19H,4-5H2. The molecule has 2 rings (SSSR count). The molecule has 0 aliphatic carbocycles. The van der Waals surface area contributed by atoms with E-state index in [9.17, 15) is 13.2 Å². The van der Waals surface area contributed by atoms with Crippen LogP contribution in [0, 0.1) is 0 Å². The molecule has 0 spiro atoms. The number of aliphatic hydroxyl groups excluding tert-OH is 1. The van der Waals surface area contributed by atoms with Crippen LogP contribution >= 0.6 is 11.6 Å². The Bertz CT molecular complexity index is 581. The van der Waals surface area contributed by atoms with Crippen LogP contribution in [-0.2, 0) is 12.6 Å². The summed E-state index contributed by atoms with van der Waals surface area (Å²) in [4.78, 5) is 0. The maximum absolute atomic E-state index is 12.6. The zero-order chi connectivity index (χ0) is 14.0. The van der Waals surface area contributed by atoms with Crippen molar-refractivity contribution in [2.75, 3.05) is 6.61 Å². The van der Waals surface area contributed by atoms with Crippen molar-refractivity contribution in [3.8, 4) is 5.69 Å². The van der Waals surface area contributed by atoms with Gasteiger partial charge in [0.05, 0.1) is 17.4 Å². The molecule has 1 heterocycles. The zero-order valence-corrected chi connectivity index (χ0v) is 10.4. The van der Waals surface area contributed by atoms with Gasteiger partial charge in [-0.2, -0.15) is 18.3 Å². The lowest BCUT2D eigenvalue weighted by Gasteiger charge is -2.09. The number of rotatable bonds is 3. The second-order valence-electron chi connectivity index (χ2n) is 3.89. The minimum Gasteiger partial charge on any atom is -0.396 e. The molecule has 0 amide bonds. The third-order valence-electron chi connectivity index (χ3n) is 2.58. The van der Waals surface area contributed by atoms with Crippen LogP contribution in [0.3, 0.4) is 0 Å². The van der Waals surface area contributed by atoms with Crippen LogP contribution in [0.25, 0.3) is 5.69 Å². The third kappa shape index (κ3) is 2.90. The molecule has 19 heavy (non-hydrogen) atoms. The minimum absolute atomic E-state index is 0.103. The van der Waals surface area contributed by atoms with Crippen molar-refractivity contribution in [1.82, 2.24) is 9.78 Å². The van der Waals surface area contributed by atoms with E-state index in [0.717, 1.165) is 12.1 Å². The fraction of sp³-hybridized carbons (Fsp3) is 0.250. The van der Waals surface area contributed by atoms with Gasteiger partial charge in [-0.15, -0.1) is 0 Å². The third-order valence-corrected chi connectivity index (χ3v) is 2.98. The van der Waals surface area contributed by atoms with Crippen molar-refractivity contribution >= 4 is 11.6 Å². The van der Waals surface area contributed by atoms with E-state index >= 15 is 0 Å². The predicted octanol–water partition coefficient (Wildman–Crippen LogP) is 3.08. The highest BCUT2D eigenvalue weighted by Crippen LogP contribution is 2.31. The van der Waals surface area contributed by atoms with Crippen LogP contribution in [0.15, 0.2) is 30.5 Å². The van der Waals surface area contributed by atoms with Crippen LogP contribution in [0.4, 0.5) is 13.2 Å². The van der Waals surface area contributed by atoms with Crippen molar-refractivity contribution < 1.29 is 18.3 Å². The van der Waals surface area contributed by atoms with Gasteiger partial charge in [0, 0.05) is 18.6 Å². The lowest BCUT2D eigenvalue weighted by molar-refractivity contribution is -0.137. The van der Waals surface area contributed by atoms with Gasteiger partial charge in [-0.25, -0.2) is 4.68 Å². The van der Waals surface area contributed by atoms with Crippen LogP contribution in [0.1, 0.15) is 11.1 Å². The second kappa shape index (κ2) is 5.22. The van der Waals surface area contributed by atoms with Gasteiger partial charge in [0.15, 0.2) is 0 Å². The molecule has 0 atom stereocenters. The van der Waals surface area contributed by atoms with Crippen LogP contribution in [0.5, 0.6) is 0 Å². The van der Waals surface area contributed by atoms with E-state index in [1.165, 1.54) is 23.0 Å². The summed E-state index contributed by atoms with van der Waals surface area (Å²) < 4.78 is 39.1. The van der Waals surface area contributed by atoms with Crippen molar-refractivity contribution in [2.24, 2.45) is 0 Å². The van der Waals surface area contributed by atoms with E-state index < -0.39 is 11.7 Å². The maximum Gasteiger partial charge on any atom is 0.416 e. The van der Waals surface area contributed by atoms with Crippen molar-refractivity contribution in [3.63, 3.8) is 0 Å². The van der Waals surface area contributed by atoms with Crippen molar-refractivity contribution in [3.05, 3.63) is 46.7 Å². The number of halogens is 4. The Morgan fingerprint density at radius 3 is 2.68 bits per heavy atom. The number of benzene rings is 1. The molecule has 102 valence electrons. The molecule has 0 fully saturated rings. The Balaban J connectivity index is 2.42. The maximum atomic E-state index is 12.6. The molecule has 1 aromatic carbocycles. The summed E-state index contributed by atoms with van der Waals surface area (Å²) in [5, 5.41) is 13.0. The second-order valence-corrected chi connectivity index (χ2v) is 4.25. The largest absolute Gasteiger partial charge is 0.416 e. The number of aliphatic hydroxyl groups is 1. The molecule has 7 heteroatoms. The summed E-state index contributed by atoms with van der Waals surface area (Å²) in [6, 6.07) is 4.73. The molecule has 2 aromatic rings. The van der Waals surface area contributed by atoms with Gasteiger partial charge in [-0.05, 0) is 18.2 Å². The average molecular weight is 291 g/mol. The summed E-state index contributed by atoms with van der Waals surface area (Å²) in [6.45, 7) is -0.103. The first kappa shape index (κ1) is 13.9. The average Bonchev–Trinajstić information content (AvgIpc) is 2.71. The Morgan fingerprint density at radius 2 is 2.05 bits per heavy atom. The molecule has 0 aliphatic heterocycles. The van der Waals surface area contributed by atoms with Crippen LogP contribution in [-0.4, -0.2) is 21.5 Å². The van der Waals surface area contributed by atoms with E-state index in [4.69, 9.17) is 16.7 Å². The number of alkyl halides is 3. The highest BCUT2D eigenvalue weighted by Gasteiger charge is 2.30. The van der Waals surface area contributed by atoms with Gasteiger partial charge in [0.25, 0.3) is 0 Å². The van der Waals surface area contributed by atoms with Crippen LogP contribution in [0.2, 0.25) is 5.15 Å². The summed E-state index contributed by atoms with van der Waals surface area (Å²) in [6.07, 6.45) is -2.68. The molecular weight excluding hydrogens is 281 g/mol. The Kier molecular flexibility index (Phi) is 3.82. The lowest BCUT2D eigenvalue weighted by atomic mass is 10.2. The Labute approximate surface area is 112 Å². The van der Waals surface area contributed by atoms with Crippen molar-refractivity contribution in [2.45, 2.75) is 12.6 Å². The molecule has 1 N–H and O–H groups in total. The SMILES string of the molecule is OCCc1cnn(-c2cccc(C(F)(F)F)c2)c1Cl. The van der Waals surface area contributed by atoms with Gasteiger partial charge >= 0.3 is 6.18 Å². The van der Waals surface area contributed by atoms with E-state index in [2.05, 4.69) is 5.10 Å². The molecule has 0 radical (unpaired) electrons. The number of hydrogen-bond acceptors (Lipinski definition) is 2. The fourth-order valence-electron chi connectivity index (χ4n) is 1.65. The summed E-state index contributed by atoms with van der Waals surface area (Å²) in [7, 11) is 0. The van der Waals surface area contributed by atoms with Gasteiger partial charge in [0.1, 0.15) is 5.15 Å². The number of nitrogens with zero attached hydrogens (tertiary/aromatic N) is 2. The molecule has 0 unspecified atom stereocenters. The van der Waals surface area contributed by atoms with Gasteiger partial charge in [-0.1, -0.05) is 17.7 Å². The zero-order valence-electron chi connectivity index (χ0n) is 9.65. The molecule has 0 saturated heterocycles. The van der Waals surface area contributed by atoms with Crippen molar-refractivity contribution in [1.29, 1.82) is 0 Å². The summed E-state index contributed by atoms with van der Waals surface area (Å²) in [5.41, 5.74) is 0.0471. The first-order chi connectivity index (χ1) is 8.93. The number of hydrogen-bond donors (Lipinski definition) is 1. The van der Waals surface area contributed by atoms with E-state index in [-0.39, 0.29) is 17.4 Å². The first-order valence-electron chi connectivity index (χ1n) is 5.44. The minimum atomic E-state index is -4.41. The Hall–Kier alpha value is -1.53. The van der Waals surface area contributed by atoms with Crippen LogP contribution < -0.4 is 0 Å². The predicted molar refractivity (Wildman–Crippen MR) is 64.4 cm³/mol. The first-order valence-corrected chi connectivity index (χ1v) is 5.82. The monoisotopic (exact) mass is 290 g/mol. The number of aromatic nitrogens is 2. The van der Waals surface area contributed by atoms with E-state index in [1.54, 1.807) is 0 Å².